The van der Waals surface area contributed by atoms with Crippen molar-refractivity contribution in [3.05, 3.63) is 0 Å². The molecular formula is C36H77N3. The van der Waals surface area contributed by atoms with Crippen LogP contribution in [-0.2, 0) is 0 Å². The van der Waals surface area contributed by atoms with Crippen LogP contribution in [0.2, 0.25) is 0 Å². The Kier molecular flexibility index (Phi) is 30.7. The molecule has 0 atom stereocenters. The summed E-state index contributed by atoms with van der Waals surface area (Å²) in [5.74, 6) is 0.720. The lowest BCUT2D eigenvalue weighted by molar-refractivity contribution is 0.207. The van der Waals surface area contributed by atoms with E-state index in [0.29, 0.717) is 0 Å². The van der Waals surface area contributed by atoms with E-state index in [1.807, 2.05) is 0 Å². The smallest absolute Gasteiger partial charge is 0.0699 e. The van der Waals surface area contributed by atoms with Gasteiger partial charge in [-0.2, -0.15) is 0 Å². The maximum absolute atomic E-state index is 4.12. The average Bonchev–Trinajstić information content (AvgIpc) is 2.93. The van der Waals surface area contributed by atoms with Gasteiger partial charge in [0.1, 0.15) is 0 Å². The highest BCUT2D eigenvalue weighted by Crippen LogP contribution is 2.19. The van der Waals surface area contributed by atoms with Crippen LogP contribution < -0.4 is 16.0 Å². The molecule has 0 aliphatic carbocycles. The number of nitrogens with one attached hydrogen (secondary N) is 3. The van der Waals surface area contributed by atoms with Crippen molar-refractivity contribution in [1.82, 2.24) is 16.0 Å². The van der Waals surface area contributed by atoms with E-state index in [1.165, 1.54) is 174 Å². The van der Waals surface area contributed by atoms with Crippen LogP contribution >= 0.6 is 0 Å². The first-order chi connectivity index (χ1) is 19.1. The highest BCUT2D eigenvalue weighted by molar-refractivity contribution is 4.86. The molecule has 0 amide bonds. The van der Waals surface area contributed by atoms with E-state index < -0.39 is 0 Å². The average molecular weight is 552 g/mol. The molecule has 39 heavy (non-hydrogen) atoms. The second kappa shape index (κ2) is 30.8. The number of unbranched alkanes of at least 4 members (excludes halogenated alkanes) is 20. The Labute approximate surface area is 248 Å². The van der Waals surface area contributed by atoms with Crippen molar-refractivity contribution in [1.29, 1.82) is 0 Å². The van der Waals surface area contributed by atoms with Gasteiger partial charge in [0.25, 0.3) is 0 Å². The molecule has 0 radical (unpaired) electrons. The zero-order chi connectivity index (χ0) is 28.7. The van der Waals surface area contributed by atoms with Crippen LogP contribution in [0.3, 0.4) is 0 Å². The SMILES string of the molecule is CCCCCCCCCCNC(CCCCCCCCC)(CCNCC(C)C)NCCCCCCCCCC. The second-order valence-electron chi connectivity index (χ2n) is 13.1. The molecule has 236 valence electrons. The number of hydrogen-bond acceptors (Lipinski definition) is 3. The largest absolute Gasteiger partial charge is 0.316 e. The van der Waals surface area contributed by atoms with Gasteiger partial charge in [-0.1, -0.05) is 169 Å². The Morgan fingerprint density at radius 1 is 0.410 bits per heavy atom. The predicted octanol–water partition coefficient (Wildman–Crippen LogP) is 10.9. The molecule has 0 aliphatic rings. The minimum absolute atomic E-state index is 0.107. The van der Waals surface area contributed by atoms with E-state index in [2.05, 4.69) is 50.6 Å². The van der Waals surface area contributed by atoms with Crippen molar-refractivity contribution in [3.63, 3.8) is 0 Å². The monoisotopic (exact) mass is 552 g/mol. The highest BCUT2D eigenvalue weighted by Gasteiger charge is 2.27. The molecule has 0 bridgehead atoms. The summed E-state index contributed by atoms with van der Waals surface area (Å²) in [6, 6.07) is 0. The summed E-state index contributed by atoms with van der Waals surface area (Å²) < 4.78 is 0. The third-order valence-corrected chi connectivity index (χ3v) is 8.48. The molecule has 3 heteroatoms. The first-order valence-electron chi connectivity index (χ1n) is 18.3. The fourth-order valence-electron chi connectivity index (χ4n) is 5.79. The lowest BCUT2D eigenvalue weighted by atomic mass is 9.95. The summed E-state index contributed by atoms with van der Waals surface area (Å²) in [6.45, 7) is 16.2. The third-order valence-electron chi connectivity index (χ3n) is 8.48. The standard InChI is InChI=1S/C36H77N3/c1-6-9-12-15-18-21-24-27-31-38-36(30-33-37-34-35(4)5,29-26-23-20-17-14-11-8-3)39-32-28-25-22-19-16-13-10-7-2/h35,37-39H,6-34H2,1-5H3. The van der Waals surface area contributed by atoms with E-state index >= 15 is 0 Å². The molecule has 3 nitrogen and oxygen atoms in total. The van der Waals surface area contributed by atoms with E-state index in [4.69, 9.17) is 0 Å². The van der Waals surface area contributed by atoms with Crippen LogP contribution in [0.25, 0.3) is 0 Å². The van der Waals surface area contributed by atoms with Crippen LogP contribution in [0.4, 0.5) is 0 Å². The van der Waals surface area contributed by atoms with Crippen LogP contribution in [0.1, 0.15) is 195 Å². The molecular weight excluding hydrogens is 474 g/mol. The maximum Gasteiger partial charge on any atom is 0.0699 e. The van der Waals surface area contributed by atoms with Crippen molar-refractivity contribution < 1.29 is 0 Å². The first kappa shape index (κ1) is 38.9. The molecule has 0 unspecified atom stereocenters. The van der Waals surface area contributed by atoms with Gasteiger partial charge in [-0.05, 0) is 57.8 Å². The summed E-state index contributed by atoms with van der Waals surface area (Å²) in [4.78, 5) is 0. The van der Waals surface area contributed by atoms with Gasteiger partial charge in [0.05, 0.1) is 5.66 Å². The van der Waals surface area contributed by atoms with Crippen molar-refractivity contribution in [3.8, 4) is 0 Å². The minimum atomic E-state index is 0.107. The van der Waals surface area contributed by atoms with E-state index in [-0.39, 0.29) is 5.66 Å². The van der Waals surface area contributed by atoms with Crippen LogP contribution in [0, 0.1) is 5.92 Å². The van der Waals surface area contributed by atoms with Crippen molar-refractivity contribution >= 4 is 0 Å². The molecule has 0 rings (SSSR count). The van der Waals surface area contributed by atoms with E-state index in [9.17, 15) is 0 Å². The Bertz CT molecular complexity index is 429. The Morgan fingerprint density at radius 3 is 1.15 bits per heavy atom. The molecule has 0 saturated carbocycles. The van der Waals surface area contributed by atoms with Crippen molar-refractivity contribution in [2.24, 2.45) is 5.92 Å². The van der Waals surface area contributed by atoms with Gasteiger partial charge in [-0.25, -0.2) is 0 Å². The van der Waals surface area contributed by atoms with E-state index in [1.54, 1.807) is 0 Å². The summed E-state index contributed by atoms with van der Waals surface area (Å²) in [5, 5.41) is 12.0. The summed E-state index contributed by atoms with van der Waals surface area (Å²) in [7, 11) is 0. The fraction of sp³-hybridized carbons (Fsp3) is 1.00. The van der Waals surface area contributed by atoms with Gasteiger partial charge >= 0.3 is 0 Å². The minimum Gasteiger partial charge on any atom is -0.316 e. The molecule has 0 spiro atoms. The molecule has 3 N–H and O–H groups in total. The number of hydrogen-bond donors (Lipinski definition) is 3. The van der Waals surface area contributed by atoms with Crippen LogP contribution in [0.15, 0.2) is 0 Å². The first-order valence-corrected chi connectivity index (χ1v) is 18.3. The lowest BCUT2D eigenvalue weighted by Crippen LogP contribution is -2.58. The summed E-state index contributed by atoms with van der Waals surface area (Å²) in [5.41, 5.74) is 0.107. The number of rotatable bonds is 33. The van der Waals surface area contributed by atoms with Crippen molar-refractivity contribution in [2.75, 3.05) is 26.2 Å². The normalized spacial score (nSPS) is 12.2. The summed E-state index contributed by atoms with van der Waals surface area (Å²) in [6.07, 6.45) is 34.6. The lowest BCUT2D eigenvalue weighted by Gasteiger charge is -2.37. The zero-order valence-electron chi connectivity index (χ0n) is 28.1. The van der Waals surface area contributed by atoms with Gasteiger partial charge in [-0.3, -0.25) is 10.6 Å². The predicted molar refractivity (Wildman–Crippen MR) is 179 cm³/mol. The Balaban J connectivity index is 4.74. The van der Waals surface area contributed by atoms with Gasteiger partial charge in [0.15, 0.2) is 0 Å². The van der Waals surface area contributed by atoms with Gasteiger partial charge < -0.3 is 5.32 Å². The quantitative estimate of drug-likeness (QED) is 0.0560. The molecule has 0 aliphatic heterocycles. The van der Waals surface area contributed by atoms with Gasteiger partial charge in [0, 0.05) is 0 Å². The molecule has 0 fully saturated rings. The Morgan fingerprint density at radius 2 is 0.769 bits per heavy atom. The molecule has 0 aromatic carbocycles. The molecule has 0 heterocycles. The second-order valence-corrected chi connectivity index (χ2v) is 13.1. The van der Waals surface area contributed by atoms with Crippen molar-refractivity contribution in [2.45, 2.75) is 201 Å². The zero-order valence-corrected chi connectivity index (χ0v) is 28.1. The molecule has 0 aromatic heterocycles. The molecule has 0 saturated heterocycles. The maximum atomic E-state index is 4.12. The van der Waals surface area contributed by atoms with Crippen LogP contribution in [0.5, 0.6) is 0 Å². The fourth-order valence-corrected chi connectivity index (χ4v) is 5.79. The topological polar surface area (TPSA) is 36.1 Å². The molecule has 0 aromatic rings. The van der Waals surface area contributed by atoms with Gasteiger partial charge in [-0.15, -0.1) is 0 Å². The highest BCUT2D eigenvalue weighted by atomic mass is 15.2. The summed E-state index contributed by atoms with van der Waals surface area (Å²) >= 11 is 0. The van der Waals surface area contributed by atoms with Gasteiger partial charge in [0.2, 0.25) is 0 Å². The van der Waals surface area contributed by atoms with Crippen LogP contribution in [-0.4, -0.2) is 31.8 Å². The van der Waals surface area contributed by atoms with E-state index in [0.717, 1.165) is 19.0 Å². The Hall–Kier alpha value is -0.120. The third kappa shape index (κ3) is 27.8.